The summed E-state index contributed by atoms with van der Waals surface area (Å²) in [6.45, 7) is 7.86. The van der Waals surface area contributed by atoms with Gasteiger partial charge in [-0.1, -0.05) is 13.8 Å². The number of imidazole rings is 1. The Bertz CT molecular complexity index is 1190. The van der Waals surface area contributed by atoms with Gasteiger partial charge in [0.2, 0.25) is 0 Å². The van der Waals surface area contributed by atoms with Crippen molar-refractivity contribution >= 4 is 11.0 Å². The predicted molar refractivity (Wildman–Crippen MR) is 142 cm³/mol. The average Bonchev–Trinajstić information content (AvgIpc) is 3.30. The van der Waals surface area contributed by atoms with Crippen LogP contribution in [0.25, 0.3) is 22.4 Å². The molecule has 0 spiro atoms. The minimum absolute atomic E-state index is 0.142. The summed E-state index contributed by atoms with van der Waals surface area (Å²) in [7, 11) is 3.23. The third kappa shape index (κ3) is 5.09. The average molecular weight is 495 g/mol. The number of aromatic amines is 1. The first-order valence-electron chi connectivity index (χ1n) is 13.3. The molecule has 1 aromatic heterocycles. The summed E-state index contributed by atoms with van der Waals surface area (Å²) in [5, 5.41) is 3.50. The number of methoxy groups -OCH3 is 2. The molecule has 0 radical (unpaired) electrons. The number of rotatable bonds is 7. The highest BCUT2D eigenvalue weighted by atomic mass is 19.1. The number of ether oxygens (including phenoxy) is 2. The SMILES string of the molecule is COc1ccc(-c2nc3cc(F)c(C4CCN(C5CCNCC5)[C@H](CC(C)C)C4)cc3[nH]2)cc1OC. The molecule has 36 heavy (non-hydrogen) atoms. The van der Waals surface area contributed by atoms with Crippen LogP contribution in [-0.2, 0) is 0 Å². The van der Waals surface area contributed by atoms with E-state index >= 15 is 4.39 Å². The lowest BCUT2D eigenvalue weighted by Gasteiger charge is -2.46. The summed E-state index contributed by atoms with van der Waals surface area (Å²) in [6.07, 6.45) is 5.61. The summed E-state index contributed by atoms with van der Waals surface area (Å²) in [6, 6.07) is 10.4. The molecule has 0 aliphatic carbocycles. The van der Waals surface area contributed by atoms with Crippen LogP contribution in [0.15, 0.2) is 30.3 Å². The molecule has 2 saturated heterocycles. The largest absolute Gasteiger partial charge is 0.493 e. The molecule has 0 saturated carbocycles. The molecule has 2 N–H and O–H groups in total. The molecule has 0 bridgehead atoms. The number of piperidine rings is 2. The fourth-order valence-corrected chi connectivity index (χ4v) is 6.23. The number of aromatic nitrogens is 2. The molecule has 0 amide bonds. The molecule has 1 unspecified atom stereocenters. The minimum atomic E-state index is -0.142. The van der Waals surface area contributed by atoms with Crippen LogP contribution < -0.4 is 14.8 Å². The van der Waals surface area contributed by atoms with Gasteiger partial charge in [0.15, 0.2) is 11.5 Å². The second-order valence-electron chi connectivity index (χ2n) is 10.8. The molecular weight excluding hydrogens is 455 g/mol. The Morgan fingerprint density at radius 3 is 2.56 bits per heavy atom. The molecule has 2 aliphatic heterocycles. The number of hydrogen-bond acceptors (Lipinski definition) is 5. The smallest absolute Gasteiger partial charge is 0.161 e. The normalized spacial score (nSPS) is 21.8. The van der Waals surface area contributed by atoms with Crippen LogP contribution in [0, 0.1) is 11.7 Å². The maximum Gasteiger partial charge on any atom is 0.161 e. The number of fused-ring (bicyclic) bond motifs is 1. The lowest BCUT2D eigenvalue weighted by molar-refractivity contribution is 0.0557. The Kier molecular flexibility index (Phi) is 7.49. The summed E-state index contributed by atoms with van der Waals surface area (Å²) in [5.41, 5.74) is 3.21. The highest BCUT2D eigenvalue weighted by Crippen LogP contribution is 2.39. The van der Waals surface area contributed by atoms with Gasteiger partial charge in [0.05, 0.1) is 25.3 Å². The number of H-pyrrole nitrogens is 1. The van der Waals surface area contributed by atoms with Crippen LogP contribution in [0.1, 0.15) is 57.4 Å². The molecule has 2 aliphatic rings. The zero-order valence-corrected chi connectivity index (χ0v) is 21.9. The zero-order valence-electron chi connectivity index (χ0n) is 21.9. The van der Waals surface area contributed by atoms with Crippen molar-refractivity contribution in [2.45, 2.75) is 64.0 Å². The van der Waals surface area contributed by atoms with Crippen molar-refractivity contribution in [2.75, 3.05) is 33.9 Å². The molecule has 3 aromatic rings. The van der Waals surface area contributed by atoms with E-state index in [1.54, 1.807) is 20.3 Å². The lowest BCUT2D eigenvalue weighted by atomic mass is 9.81. The summed E-state index contributed by atoms with van der Waals surface area (Å²) in [4.78, 5) is 10.9. The number of nitrogens with one attached hydrogen (secondary N) is 2. The highest BCUT2D eigenvalue weighted by molar-refractivity contribution is 5.80. The van der Waals surface area contributed by atoms with Gasteiger partial charge in [0, 0.05) is 23.7 Å². The molecule has 7 heteroatoms. The lowest BCUT2D eigenvalue weighted by Crippen LogP contribution is -2.51. The fourth-order valence-electron chi connectivity index (χ4n) is 6.23. The molecule has 5 rings (SSSR count). The minimum Gasteiger partial charge on any atom is -0.493 e. The second kappa shape index (κ2) is 10.8. The van der Waals surface area contributed by atoms with Crippen molar-refractivity contribution in [3.05, 3.63) is 41.7 Å². The van der Waals surface area contributed by atoms with Gasteiger partial charge in [-0.15, -0.1) is 0 Å². The van der Waals surface area contributed by atoms with Crippen LogP contribution in [0.5, 0.6) is 11.5 Å². The Labute approximate surface area is 213 Å². The van der Waals surface area contributed by atoms with Crippen molar-refractivity contribution in [1.82, 2.24) is 20.2 Å². The van der Waals surface area contributed by atoms with Crippen molar-refractivity contribution < 1.29 is 13.9 Å². The van der Waals surface area contributed by atoms with Crippen LogP contribution in [-0.4, -0.2) is 60.8 Å². The third-order valence-corrected chi connectivity index (χ3v) is 7.98. The van der Waals surface area contributed by atoms with E-state index in [0.29, 0.717) is 40.8 Å². The maximum atomic E-state index is 15.5. The van der Waals surface area contributed by atoms with E-state index < -0.39 is 0 Å². The molecule has 194 valence electrons. The number of benzene rings is 2. The second-order valence-corrected chi connectivity index (χ2v) is 10.8. The van der Waals surface area contributed by atoms with Gasteiger partial charge in [-0.3, -0.25) is 4.90 Å². The Morgan fingerprint density at radius 1 is 1.06 bits per heavy atom. The molecule has 3 heterocycles. The maximum absolute atomic E-state index is 15.5. The van der Waals surface area contributed by atoms with E-state index in [2.05, 4.69) is 34.0 Å². The van der Waals surface area contributed by atoms with Crippen molar-refractivity contribution in [1.29, 1.82) is 0 Å². The highest BCUT2D eigenvalue weighted by Gasteiger charge is 2.35. The summed E-state index contributed by atoms with van der Waals surface area (Å²) in [5.74, 6) is 2.71. The Hall–Kier alpha value is -2.64. The van der Waals surface area contributed by atoms with E-state index in [4.69, 9.17) is 9.47 Å². The number of nitrogens with zero attached hydrogens (tertiary/aromatic N) is 2. The van der Waals surface area contributed by atoms with Gasteiger partial charge >= 0.3 is 0 Å². The van der Waals surface area contributed by atoms with Gasteiger partial charge in [0.1, 0.15) is 11.6 Å². The van der Waals surface area contributed by atoms with Gasteiger partial charge in [0.25, 0.3) is 0 Å². The summed E-state index contributed by atoms with van der Waals surface area (Å²) >= 11 is 0. The molecule has 2 fully saturated rings. The van der Waals surface area contributed by atoms with Crippen LogP contribution >= 0.6 is 0 Å². The van der Waals surface area contributed by atoms with E-state index in [1.165, 1.54) is 12.8 Å². The van der Waals surface area contributed by atoms with Gasteiger partial charge in [-0.25, -0.2) is 9.37 Å². The van der Waals surface area contributed by atoms with E-state index in [9.17, 15) is 0 Å². The van der Waals surface area contributed by atoms with Gasteiger partial charge in [-0.05, 0) is 93.4 Å². The molecular formula is C29H39FN4O2. The third-order valence-electron chi connectivity index (χ3n) is 7.98. The van der Waals surface area contributed by atoms with Crippen LogP contribution in [0.3, 0.4) is 0 Å². The quantitative estimate of drug-likeness (QED) is 0.439. The van der Waals surface area contributed by atoms with Crippen LogP contribution in [0.4, 0.5) is 4.39 Å². The topological polar surface area (TPSA) is 62.4 Å². The summed E-state index contributed by atoms with van der Waals surface area (Å²) < 4.78 is 26.3. The Morgan fingerprint density at radius 2 is 1.83 bits per heavy atom. The zero-order chi connectivity index (χ0) is 25.2. The van der Waals surface area contributed by atoms with Crippen molar-refractivity contribution in [3.8, 4) is 22.9 Å². The van der Waals surface area contributed by atoms with E-state index in [-0.39, 0.29) is 11.7 Å². The number of likely N-dealkylation sites (tertiary alicyclic amines) is 1. The predicted octanol–water partition coefficient (Wildman–Crippen LogP) is 5.73. The molecule has 2 atom stereocenters. The molecule has 2 aromatic carbocycles. The fraction of sp³-hybridized carbons (Fsp3) is 0.552. The number of hydrogen-bond donors (Lipinski definition) is 2. The monoisotopic (exact) mass is 494 g/mol. The van der Waals surface area contributed by atoms with Crippen LogP contribution in [0.2, 0.25) is 0 Å². The molecule has 6 nitrogen and oxygen atoms in total. The first kappa shape index (κ1) is 25.0. The first-order chi connectivity index (χ1) is 17.5. The van der Waals surface area contributed by atoms with Crippen molar-refractivity contribution in [3.63, 3.8) is 0 Å². The van der Waals surface area contributed by atoms with E-state index in [0.717, 1.165) is 55.5 Å². The number of halogens is 1. The van der Waals surface area contributed by atoms with E-state index in [1.807, 2.05) is 24.3 Å². The Balaban J connectivity index is 1.41. The van der Waals surface area contributed by atoms with Gasteiger partial charge < -0.3 is 19.8 Å². The standard InChI is InChI=1S/C29H39FN4O2/c1-18(2)13-22-14-19(9-12-34(22)21-7-10-31-11-8-21)23-16-25-26(17-24(23)30)33-29(32-25)20-5-6-27(35-3)28(15-20)36-4/h5-6,15-19,21-22,31H,7-14H2,1-4H3,(H,32,33)/t19?,22-/m1/s1. The van der Waals surface area contributed by atoms with Gasteiger partial charge in [-0.2, -0.15) is 0 Å². The van der Waals surface area contributed by atoms with Crippen molar-refractivity contribution in [2.24, 2.45) is 5.92 Å². The first-order valence-corrected chi connectivity index (χ1v) is 13.3.